The summed E-state index contributed by atoms with van der Waals surface area (Å²) in [4.78, 5) is 26.7. The van der Waals surface area contributed by atoms with Crippen LogP contribution in [0.3, 0.4) is 0 Å². The molecule has 1 aromatic carbocycles. The van der Waals surface area contributed by atoms with Crippen LogP contribution in [-0.4, -0.2) is 34.7 Å². The van der Waals surface area contributed by atoms with Crippen molar-refractivity contribution in [3.8, 4) is 5.75 Å². The molecule has 1 unspecified atom stereocenters. The Kier molecular flexibility index (Phi) is 4.14. The topological polar surface area (TPSA) is 85.7 Å². The number of hydrogen-bond acceptors (Lipinski definition) is 5. The number of carbonyl (C=O) groups is 2. The molecule has 1 atom stereocenters. The molecule has 1 N–H and O–H groups in total. The van der Waals surface area contributed by atoms with E-state index in [2.05, 4.69) is 9.72 Å². The normalized spacial score (nSPS) is 11.8. The van der Waals surface area contributed by atoms with Crippen LogP contribution in [0.2, 0.25) is 0 Å². The second kappa shape index (κ2) is 6.01. The molecule has 0 saturated heterocycles. The number of hydrogen-bond donors (Lipinski definition) is 1. The summed E-state index contributed by atoms with van der Waals surface area (Å²) in [6.45, 7) is 1.69. The molecule has 0 fully saturated rings. The number of aliphatic carboxylic acids is 1. The van der Waals surface area contributed by atoms with Crippen molar-refractivity contribution in [1.82, 2.24) is 4.98 Å². The minimum absolute atomic E-state index is 0.0909. The highest BCUT2D eigenvalue weighted by Crippen LogP contribution is 2.20. The zero-order valence-corrected chi connectivity index (χ0v) is 10.8. The van der Waals surface area contributed by atoms with Crippen molar-refractivity contribution in [3.05, 3.63) is 36.5 Å². The predicted octanol–water partition coefficient (Wildman–Crippen LogP) is 1.63. The molecule has 0 bridgehead atoms. The Morgan fingerprint density at radius 3 is 2.85 bits per heavy atom. The van der Waals surface area contributed by atoms with Gasteiger partial charge in [-0.15, -0.1) is 0 Å². The molecule has 2 rings (SSSR count). The summed E-state index contributed by atoms with van der Waals surface area (Å²) in [7, 11) is 0. The van der Waals surface area contributed by atoms with Gasteiger partial charge < -0.3 is 14.6 Å². The minimum atomic E-state index is -1.68. The molecule has 6 nitrogen and oxygen atoms in total. The van der Waals surface area contributed by atoms with Gasteiger partial charge in [0.25, 0.3) is 6.10 Å². The maximum absolute atomic E-state index is 11.5. The second-order valence-electron chi connectivity index (χ2n) is 3.95. The monoisotopic (exact) mass is 275 g/mol. The highest BCUT2D eigenvalue weighted by molar-refractivity contribution is 5.97. The smallest absolute Gasteiger partial charge is 0.359 e. The van der Waals surface area contributed by atoms with E-state index in [4.69, 9.17) is 9.84 Å². The molecule has 1 aromatic heterocycles. The Bertz CT molecular complexity index is 640. The molecular weight excluding hydrogens is 262 g/mol. The lowest BCUT2D eigenvalue weighted by Gasteiger charge is -2.14. The van der Waals surface area contributed by atoms with Gasteiger partial charge in [-0.2, -0.15) is 0 Å². The number of esters is 1. The summed E-state index contributed by atoms with van der Waals surface area (Å²) >= 11 is 0. The third-order valence-corrected chi connectivity index (χ3v) is 2.55. The van der Waals surface area contributed by atoms with Crippen LogP contribution < -0.4 is 4.74 Å². The summed E-state index contributed by atoms with van der Waals surface area (Å²) in [6.07, 6.45) is -0.0225. The Hall–Kier alpha value is -2.63. The van der Waals surface area contributed by atoms with Crippen molar-refractivity contribution in [2.45, 2.75) is 13.0 Å². The maximum atomic E-state index is 11.5. The highest BCUT2D eigenvalue weighted by Gasteiger charge is 2.30. The van der Waals surface area contributed by atoms with E-state index in [9.17, 15) is 9.59 Å². The molecule has 2 aromatic rings. The Balaban J connectivity index is 2.24. The van der Waals surface area contributed by atoms with Crippen molar-refractivity contribution in [2.75, 3.05) is 6.61 Å². The minimum Gasteiger partial charge on any atom is -0.478 e. The molecule has 1 heterocycles. The van der Waals surface area contributed by atoms with Gasteiger partial charge in [-0.25, -0.2) is 9.59 Å². The first-order chi connectivity index (χ1) is 9.61. The summed E-state index contributed by atoms with van der Waals surface area (Å²) in [5.41, 5.74) is 0.753. The zero-order chi connectivity index (χ0) is 14.5. The molecule has 0 aliphatic heterocycles. The molecule has 0 amide bonds. The first-order valence-electron chi connectivity index (χ1n) is 6.02. The van der Waals surface area contributed by atoms with Crippen LogP contribution in [0.4, 0.5) is 0 Å². The standard InChI is InChI=1S/C14H13NO5/c1-2-19-14(18)12(13(16)17)20-10-5-6-11-9(8-10)4-3-7-15-11/h3-8,12H,2H2,1H3,(H,16,17). The molecule has 0 radical (unpaired) electrons. The fraction of sp³-hybridized carbons (Fsp3) is 0.214. The number of carboxylic acid groups (broad SMARTS) is 1. The fourth-order valence-electron chi connectivity index (χ4n) is 1.68. The molecule has 0 aliphatic rings. The molecular formula is C14H13NO5. The van der Waals surface area contributed by atoms with Gasteiger partial charge in [0.05, 0.1) is 12.1 Å². The first kappa shape index (κ1) is 13.8. The van der Waals surface area contributed by atoms with Crippen LogP contribution in [0, 0.1) is 0 Å². The van der Waals surface area contributed by atoms with Crippen molar-refractivity contribution in [1.29, 1.82) is 0 Å². The molecule has 104 valence electrons. The number of carbonyl (C=O) groups excluding carboxylic acids is 1. The SMILES string of the molecule is CCOC(=O)C(Oc1ccc2ncccc2c1)C(=O)O. The van der Waals surface area contributed by atoms with E-state index in [1.165, 1.54) is 0 Å². The first-order valence-corrected chi connectivity index (χ1v) is 6.02. The van der Waals surface area contributed by atoms with Crippen molar-refractivity contribution >= 4 is 22.8 Å². The summed E-state index contributed by atoms with van der Waals surface area (Å²) in [5, 5.41) is 9.80. The van der Waals surface area contributed by atoms with Crippen LogP contribution in [-0.2, 0) is 14.3 Å². The van der Waals surface area contributed by atoms with Crippen LogP contribution in [0.25, 0.3) is 10.9 Å². The number of benzene rings is 1. The number of aromatic nitrogens is 1. The largest absolute Gasteiger partial charge is 0.478 e. The third kappa shape index (κ3) is 3.03. The third-order valence-electron chi connectivity index (χ3n) is 2.55. The number of pyridine rings is 1. The maximum Gasteiger partial charge on any atom is 0.359 e. The lowest BCUT2D eigenvalue weighted by Crippen LogP contribution is -2.37. The van der Waals surface area contributed by atoms with Gasteiger partial charge in [0.15, 0.2) is 0 Å². The average Bonchev–Trinajstić information content (AvgIpc) is 2.44. The summed E-state index contributed by atoms with van der Waals surface area (Å²) in [5.74, 6) is -2.05. The van der Waals surface area contributed by atoms with E-state index < -0.39 is 18.0 Å². The van der Waals surface area contributed by atoms with Crippen molar-refractivity contribution < 1.29 is 24.2 Å². The number of rotatable bonds is 5. The molecule has 6 heteroatoms. The van der Waals surface area contributed by atoms with E-state index in [1.54, 1.807) is 37.4 Å². The number of nitrogens with zero attached hydrogens (tertiary/aromatic N) is 1. The van der Waals surface area contributed by atoms with E-state index in [0.29, 0.717) is 0 Å². The Morgan fingerprint density at radius 1 is 1.35 bits per heavy atom. The van der Waals surface area contributed by atoms with Gasteiger partial charge in [-0.3, -0.25) is 4.98 Å². The molecule has 0 saturated carbocycles. The van der Waals surface area contributed by atoms with Gasteiger partial charge in [0.2, 0.25) is 0 Å². The zero-order valence-electron chi connectivity index (χ0n) is 10.8. The van der Waals surface area contributed by atoms with Crippen LogP contribution in [0.5, 0.6) is 5.75 Å². The number of ether oxygens (including phenoxy) is 2. The Morgan fingerprint density at radius 2 is 2.15 bits per heavy atom. The van der Waals surface area contributed by atoms with E-state index >= 15 is 0 Å². The lowest BCUT2D eigenvalue weighted by molar-refractivity contribution is -0.162. The van der Waals surface area contributed by atoms with Gasteiger partial charge in [-0.1, -0.05) is 6.07 Å². The van der Waals surface area contributed by atoms with E-state index in [1.807, 2.05) is 6.07 Å². The summed E-state index contributed by atoms with van der Waals surface area (Å²) < 4.78 is 9.86. The summed E-state index contributed by atoms with van der Waals surface area (Å²) in [6, 6.07) is 8.44. The number of fused-ring (bicyclic) bond motifs is 1. The number of carboxylic acids is 1. The van der Waals surface area contributed by atoms with Gasteiger partial charge in [0, 0.05) is 11.6 Å². The average molecular weight is 275 g/mol. The predicted molar refractivity (Wildman–Crippen MR) is 70.4 cm³/mol. The van der Waals surface area contributed by atoms with Gasteiger partial charge in [-0.05, 0) is 31.2 Å². The second-order valence-corrected chi connectivity index (χ2v) is 3.95. The quantitative estimate of drug-likeness (QED) is 0.659. The van der Waals surface area contributed by atoms with E-state index in [0.717, 1.165) is 10.9 Å². The van der Waals surface area contributed by atoms with Crippen molar-refractivity contribution in [3.63, 3.8) is 0 Å². The Labute approximate surface area is 115 Å². The van der Waals surface area contributed by atoms with Crippen LogP contribution in [0.15, 0.2) is 36.5 Å². The lowest BCUT2D eigenvalue weighted by atomic mass is 10.2. The van der Waals surface area contributed by atoms with Crippen molar-refractivity contribution in [2.24, 2.45) is 0 Å². The fourth-order valence-corrected chi connectivity index (χ4v) is 1.68. The van der Waals surface area contributed by atoms with Gasteiger partial charge >= 0.3 is 11.9 Å². The molecule has 0 spiro atoms. The van der Waals surface area contributed by atoms with E-state index in [-0.39, 0.29) is 12.4 Å². The van der Waals surface area contributed by atoms with Crippen LogP contribution >= 0.6 is 0 Å². The highest BCUT2D eigenvalue weighted by atomic mass is 16.6. The van der Waals surface area contributed by atoms with Crippen LogP contribution in [0.1, 0.15) is 6.92 Å². The molecule has 20 heavy (non-hydrogen) atoms. The van der Waals surface area contributed by atoms with Gasteiger partial charge in [0.1, 0.15) is 5.75 Å². The molecule has 0 aliphatic carbocycles.